The molecule has 3 atom stereocenters. The van der Waals surface area contributed by atoms with Crippen LogP contribution in [0.1, 0.15) is 55.2 Å². The number of carbonyl (C=O) groups excluding carboxylic acids is 3. The van der Waals surface area contributed by atoms with Gasteiger partial charge in [-0.15, -0.1) is 0 Å². The Labute approximate surface area is 181 Å². The average molecular weight is 428 g/mol. The Morgan fingerprint density at radius 3 is 2.35 bits per heavy atom. The summed E-state index contributed by atoms with van der Waals surface area (Å²) in [7, 11) is 1.38. The molecule has 0 unspecified atom stereocenters. The molecule has 8 heteroatoms. The molecule has 0 fully saturated rings. The van der Waals surface area contributed by atoms with E-state index in [0.29, 0.717) is 0 Å². The molecule has 0 bridgehead atoms. The van der Waals surface area contributed by atoms with Crippen molar-refractivity contribution in [2.24, 2.45) is 0 Å². The van der Waals surface area contributed by atoms with Gasteiger partial charge in [0.25, 0.3) is 5.91 Å². The fourth-order valence-electron chi connectivity index (χ4n) is 3.06. The summed E-state index contributed by atoms with van der Waals surface area (Å²) < 4.78 is 15.8. The number of rotatable bonds is 8. The van der Waals surface area contributed by atoms with E-state index in [1.807, 2.05) is 45.0 Å². The van der Waals surface area contributed by atoms with Crippen LogP contribution in [0.3, 0.4) is 0 Å². The Morgan fingerprint density at radius 2 is 1.74 bits per heavy atom. The summed E-state index contributed by atoms with van der Waals surface area (Å²) in [5, 5.41) is 2.53. The fraction of sp³-hybridized carbons (Fsp3) is 0.391. The predicted molar refractivity (Wildman–Crippen MR) is 114 cm³/mol. The standard InChI is InChI=1S/C23H28N2O6/c1-13-9-7-8-10-18(13)14(2)16(4)30-23(28)15(3)25-22(27)20-21(31-17(5)26)19(29-6)11-12-24-20/h7-12,14-16H,1-6H3,(H,25,27)/t14-,15+,16-/m0/s1. The van der Waals surface area contributed by atoms with Gasteiger partial charge in [0.1, 0.15) is 12.1 Å². The van der Waals surface area contributed by atoms with Crippen LogP contribution in [0.15, 0.2) is 36.5 Å². The van der Waals surface area contributed by atoms with Crippen LogP contribution in [-0.2, 0) is 14.3 Å². The number of pyridine rings is 1. The number of hydrogen-bond acceptors (Lipinski definition) is 7. The van der Waals surface area contributed by atoms with Crippen LogP contribution in [-0.4, -0.2) is 42.1 Å². The molecule has 166 valence electrons. The Morgan fingerprint density at radius 1 is 1.06 bits per heavy atom. The van der Waals surface area contributed by atoms with E-state index in [4.69, 9.17) is 14.2 Å². The highest BCUT2D eigenvalue weighted by Gasteiger charge is 2.27. The lowest BCUT2D eigenvalue weighted by Gasteiger charge is -2.24. The summed E-state index contributed by atoms with van der Waals surface area (Å²) in [5.41, 5.74) is 2.03. The van der Waals surface area contributed by atoms with Gasteiger partial charge in [-0.05, 0) is 31.9 Å². The van der Waals surface area contributed by atoms with Crippen molar-refractivity contribution in [3.8, 4) is 11.5 Å². The summed E-state index contributed by atoms with van der Waals surface area (Å²) in [4.78, 5) is 40.6. The van der Waals surface area contributed by atoms with Gasteiger partial charge in [-0.2, -0.15) is 0 Å². The molecule has 2 aromatic rings. The van der Waals surface area contributed by atoms with Gasteiger partial charge in [-0.25, -0.2) is 9.78 Å². The predicted octanol–water partition coefficient (Wildman–Crippen LogP) is 3.18. The smallest absolute Gasteiger partial charge is 0.328 e. The number of nitrogens with one attached hydrogen (secondary N) is 1. The van der Waals surface area contributed by atoms with Gasteiger partial charge in [-0.1, -0.05) is 31.2 Å². The van der Waals surface area contributed by atoms with Gasteiger partial charge in [0.2, 0.25) is 5.75 Å². The minimum Gasteiger partial charge on any atom is -0.493 e. The zero-order valence-electron chi connectivity index (χ0n) is 18.6. The van der Waals surface area contributed by atoms with Crippen molar-refractivity contribution in [1.82, 2.24) is 10.3 Å². The maximum Gasteiger partial charge on any atom is 0.328 e. The summed E-state index contributed by atoms with van der Waals surface area (Å²) in [6.07, 6.45) is 0.940. The third-order valence-corrected chi connectivity index (χ3v) is 4.94. The number of nitrogens with zero attached hydrogens (tertiary/aromatic N) is 1. The SMILES string of the molecule is COc1ccnc(C(=O)N[C@H](C)C(=O)O[C@@H](C)[C@H](C)c2ccccc2C)c1OC(C)=O. The number of benzene rings is 1. The van der Waals surface area contributed by atoms with Crippen molar-refractivity contribution in [2.75, 3.05) is 7.11 Å². The quantitative estimate of drug-likeness (QED) is 0.644. The summed E-state index contributed by atoms with van der Waals surface area (Å²) >= 11 is 0. The molecule has 1 amide bonds. The van der Waals surface area contributed by atoms with Crippen molar-refractivity contribution in [3.63, 3.8) is 0 Å². The first-order valence-electron chi connectivity index (χ1n) is 9.94. The molecule has 0 aliphatic rings. The van der Waals surface area contributed by atoms with E-state index < -0.39 is 30.0 Å². The van der Waals surface area contributed by atoms with Crippen molar-refractivity contribution >= 4 is 17.8 Å². The van der Waals surface area contributed by atoms with Crippen LogP contribution in [0.4, 0.5) is 0 Å². The average Bonchev–Trinajstić information content (AvgIpc) is 2.73. The number of ether oxygens (including phenoxy) is 3. The third kappa shape index (κ3) is 6.04. The van der Waals surface area contributed by atoms with Crippen LogP contribution in [0, 0.1) is 6.92 Å². The summed E-state index contributed by atoms with van der Waals surface area (Å²) in [5.74, 6) is -1.88. The van der Waals surface area contributed by atoms with E-state index >= 15 is 0 Å². The number of methoxy groups -OCH3 is 1. The van der Waals surface area contributed by atoms with Gasteiger partial charge in [0.15, 0.2) is 11.4 Å². The lowest BCUT2D eigenvalue weighted by atomic mass is 9.92. The first-order chi connectivity index (χ1) is 14.6. The van der Waals surface area contributed by atoms with Gasteiger partial charge in [0, 0.05) is 25.1 Å². The van der Waals surface area contributed by atoms with Gasteiger partial charge < -0.3 is 19.5 Å². The Bertz CT molecular complexity index is 959. The second-order valence-corrected chi connectivity index (χ2v) is 7.27. The first-order valence-corrected chi connectivity index (χ1v) is 9.94. The number of esters is 2. The lowest BCUT2D eigenvalue weighted by molar-refractivity contribution is -0.151. The van der Waals surface area contributed by atoms with Crippen LogP contribution >= 0.6 is 0 Å². The van der Waals surface area contributed by atoms with Gasteiger partial charge >= 0.3 is 11.9 Å². The Kier molecular flexibility index (Phi) is 8.13. The lowest BCUT2D eigenvalue weighted by Crippen LogP contribution is -2.41. The second kappa shape index (κ2) is 10.6. The number of aryl methyl sites for hydroxylation is 1. The van der Waals surface area contributed by atoms with Crippen LogP contribution in [0.25, 0.3) is 0 Å². The first kappa shape index (κ1) is 23.9. The minimum atomic E-state index is -0.947. The van der Waals surface area contributed by atoms with Gasteiger partial charge in [-0.3, -0.25) is 9.59 Å². The number of aromatic nitrogens is 1. The molecule has 0 radical (unpaired) electrons. The number of amides is 1. The molecule has 0 spiro atoms. The molecule has 0 aliphatic carbocycles. The fourth-order valence-corrected chi connectivity index (χ4v) is 3.06. The largest absolute Gasteiger partial charge is 0.493 e. The number of hydrogen-bond donors (Lipinski definition) is 1. The monoisotopic (exact) mass is 428 g/mol. The maximum absolute atomic E-state index is 12.7. The molecule has 0 saturated heterocycles. The summed E-state index contributed by atoms with van der Waals surface area (Å²) in [6.45, 7) is 8.51. The molecule has 1 aromatic carbocycles. The van der Waals surface area contributed by atoms with Crippen molar-refractivity contribution in [2.45, 2.75) is 52.7 Å². The van der Waals surface area contributed by atoms with E-state index in [0.717, 1.165) is 11.1 Å². The van der Waals surface area contributed by atoms with Crippen LogP contribution in [0.5, 0.6) is 11.5 Å². The molecule has 0 aliphatic heterocycles. The molecule has 1 heterocycles. The molecular formula is C23H28N2O6. The van der Waals surface area contributed by atoms with E-state index in [-0.39, 0.29) is 23.1 Å². The zero-order chi connectivity index (χ0) is 23.1. The molecule has 0 saturated carbocycles. The van der Waals surface area contributed by atoms with E-state index in [1.165, 1.54) is 33.2 Å². The Hall–Kier alpha value is -3.42. The van der Waals surface area contributed by atoms with Crippen molar-refractivity contribution in [1.29, 1.82) is 0 Å². The number of carbonyl (C=O) groups is 3. The topological polar surface area (TPSA) is 104 Å². The highest BCUT2D eigenvalue weighted by molar-refractivity contribution is 5.98. The molecule has 31 heavy (non-hydrogen) atoms. The van der Waals surface area contributed by atoms with Crippen LogP contribution in [0.2, 0.25) is 0 Å². The molecule has 8 nitrogen and oxygen atoms in total. The molecule has 1 aromatic heterocycles. The second-order valence-electron chi connectivity index (χ2n) is 7.27. The summed E-state index contributed by atoms with van der Waals surface area (Å²) in [6, 6.07) is 8.42. The van der Waals surface area contributed by atoms with E-state index in [1.54, 1.807) is 0 Å². The van der Waals surface area contributed by atoms with Crippen molar-refractivity contribution < 1.29 is 28.6 Å². The highest BCUT2D eigenvalue weighted by atomic mass is 16.6. The zero-order valence-corrected chi connectivity index (χ0v) is 18.6. The Balaban J connectivity index is 2.08. The molecule has 1 N–H and O–H groups in total. The maximum atomic E-state index is 12.7. The third-order valence-electron chi connectivity index (χ3n) is 4.94. The van der Waals surface area contributed by atoms with E-state index in [2.05, 4.69) is 10.3 Å². The minimum absolute atomic E-state index is 0.0244. The van der Waals surface area contributed by atoms with Gasteiger partial charge in [0.05, 0.1) is 7.11 Å². The molecular weight excluding hydrogens is 400 g/mol. The van der Waals surface area contributed by atoms with Crippen molar-refractivity contribution in [3.05, 3.63) is 53.3 Å². The van der Waals surface area contributed by atoms with Crippen LogP contribution < -0.4 is 14.8 Å². The highest BCUT2D eigenvalue weighted by Crippen LogP contribution is 2.30. The van der Waals surface area contributed by atoms with E-state index in [9.17, 15) is 14.4 Å². The molecule has 2 rings (SSSR count). The normalized spacial score (nSPS) is 13.5.